The third-order valence-corrected chi connectivity index (χ3v) is 5.61. The smallest absolute Gasteiger partial charge is 0.244 e. The molecule has 1 unspecified atom stereocenters. The van der Waals surface area contributed by atoms with Gasteiger partial charge < -0.3 is 20.3 Å². The summed E-state index contributed by atoms with van der Waals surface area (Å²) in [7, 11) is 0. The van der Waals surface area contributed by atoms with E-state index in [1.165, 1.54) is 22.6 Å². The second-order valence-corrected chi connectivity index (χ2v) is 7.89. The Morgan fingerprint density at radius 1 is 1.31 bits per heavy atom. The maximum absolute atomic E-state index is 13.0. The van der Waals surface area contributed by atoms with E-state index < -0.39 is 0 Å². The van der Waals surface area contributed by atoms with Crippen LogP contribution in [0.3, 0.4) is 0 Å². The van der Waals surface area contributed by atoms with E-state index in [1.54, 1.807) is 23.5 Å². The molecule has 0 bridgehead atoms. The number of carbonyl (C=O) groups is 1. The predicted molar refractivity (Wildman–Crippen MR) is 114 cm³/mol. The number of fused-ring (bicyclic) bond motifs is 1. The molecule has 0 radical (unpaired) electrons. The average Bonchev–Trinajstić information content (AvgIpc) is 3.19. The molecule has 0 fully saturated rings. The third kappa shape index (κ3) is 6.19. The van der Waals surface area contributed by atoms with E-state index in [-0.39, 0.29) is 24.4 Å². The molecule has 3 rings (SSSR count). The molecule has 156 valence electrons. The molecule has 1 aliphatic rings. The van der Waals surface area contributed by atoms with Gasteiger partial charge in [-0.15, -0.1) is 11.3 Å². The molecular formula is C21H27FN4O2S. The number of rotatable bonds is 7. The van der Waals surface area contributed by atoms with E-state index in [0.717, 1.165) is 13.0 Å². The molecular weight excluding hydrogens is 391 g/mol. The number of halogens is 1. The van der Waals surface area contributed by atoms with E-state index in [0.29, 0.717) is 31.3 Å². The van der Waals surface area contributed by atoms with Crippen molar-refractivity contribution in [1.82, 2.24) is 15.5 Å². The van der Waals surface area contributed by atoms with Crippen LogP contribution in [-0.4, -0.2) is 49.0 Å². The van der Waals surface area contributed by atoms with Gasteiger partial charge in [-0.05, 0) is 61.5 Å². The zero-order valence-corrected chi connectivity index (χ0v) is 17.6. The van der Waals surface area contributed by atoms with Crippen LogP contribution in [0.1, 0.15) is 24.3 Å². The zero-order valence-electron chi connectivity index (χ0n) is 16.8. The lowest BCUT2D eigenvalue weighted by atomic mass is 10.1. The minimum Gasteiger partial charge on any atom is -0.489 e. The van der Waals surface area contributed by atoms with E-state index >= 15 is 0 Å². The largest absolute Gasteiger partial charge is 0.489 e. The lowest BCUT2D eigenvalue weighted by Gasteiger charge is -2.26. The Labute approximate surface area is 174 Å². The van der Waals surface area contributed by atoms with Crippen LogP contribution in [0.4, 0.5) is 4.39 Å². The first-order valence-electron chi connectivity index (χ1n) is 9.82. The highest BCUT2D eigenvalue weighted by Gasteiger charge is 2.21. The van der Waals surface area contributed by atoms with Crippen molar-refractivity contribution < 1.29 is 13.9 Å². The molecule has 0 saturated heterocycles. The summed E-state index contributed by atoms with van der Waals surface area (Å²) in [6.45, 7) is 6.59. The Hall–Kier alpha value is -2.61. The Kier molecular flexibility index (Phi) is 7.46. The lowest BCUT2D eigenvalue weighted by Crippen LogP contribution is -2.43. The van der Waals surface area contributed by atoms with Crippen molar-refractivity contribution in [3.63, 3.8) is 0 Å². The van der Waals surface area contributed by atoms with E-state index in [4.69, 9.17) is 4.74 Å². The van der Waals surface area contributed by atoms with Crippen molar-refractivity contribution in [2.45, 2.75) is 32.9 Å². The first-order chi connectivity index (χ1) is 14.0. The minimum absolute atomic E-state index is 0.0228. The molecule has 2 N–H and O–H groups in total. The molecule has 8 heteroatoms. The first-order valence-corrected chi connectivity index (χ1v) is 10.7. The molecule has 1 aliphatic heterocycles. The monoisotopic (exact) mass is 418 g/mol. The number of ether oxygens (including phenoxy) is 1. The Bertz CT molecular complexity index is 837. The fourth-order valence-electron chi connectivity index (χ4n) is 3.08. The van der Waals surface area contributed by atoms with Gasteiger partial charge in [-0.3, -0.25) is 4.79 Å². The second-order valence-electron chi connectivity index (χ2n) is 6.89. The lowest BCUT2D eigenvalue weighted by molar-refractivity contribution is -0.130. The van der Waals surface area contributed by atoms with Gasteiger partial charge in [0, 0.05) is 24.5 Å². The normalized spacial score (nSPS) is 14.9. The summed E-state index contributed by atoms with van der Waals surface area (Å²) in [5.41, 5.74) is 1.25. The standard InChI is InChI=1S/C21H27FN4O2S/c1-3-23-21(24-12-15(2)28-18-6-4-17(22)5-7-18)25-13-20(27)26-10-8-19-16(14-26)9-11-29-19/h4-7,9,11,15H,3,8,10,12-14H2,1-2H3,(H2,23,24,25). The quantitative estimate of drug-likeness (QED) is 0.536. The number of aliphatic imine (C=N–C) groups is 1. The topological polar surface area (TPSA) is 66.0 Å². The van der Waals surface area contributed by atoms with Gasteiger partial charge in [0.05, 0.1) is 6.54 Å². The number of amides is 1. The summed E-state index contributed by atoms with van der Waals surface area (Å²) < 4.78 is 18.7. The summed E-state index contributed by atoms with van der Waals surface area (Å²) in [4.78, 5) is 20.2. The highest BCUT2D eigenvalue weighted by Crippen LogP contribution is 2.23. The van der Waals surface area contributed by atoms with Gasteiger partial charge >= 0.3 is 0 Å². The Balaban J connectivity index is 1.48. The number of hydrogen-bond acceptors (Lipinski definition) is 4. The number of thiophene rings is 1. The highest BCUT2D eigenvalue weighted by atomic mass is 32.1. The first kappa shape index (κ1) is 21.1. The van der Waals surface area contributed by atoms with Crippen molar-refractivity contribution in [2.75, 3.05) is 26.2 Å². The van der Waals surface area contributed by atoms with Crippen molar-refractivity contribution in [3.05, 3.63) is 52.0 Å². The van der Waals surface area contributed by atoms with Crippen molar-refractivity contribution in [3.8, 4) is 5.75 Å². The molecule has 2 heterocycles. The fraction of sp³-hybridized carbons (Fsp3) is 0.429. The van der Waals surface area contributed by atoms with Crippen LogP contribution in [0.25, 0.3) is 0 Å². The maximum Gasteiger partial charge on any atom is 0.244 e. The van der Waals surface area contributed by atoms with Crippen LogP contribution in [-0.2, 0) is 17.8 Å². The predicted octanol–water partition coefficient (Wildman–Crippen LogP) is 2.79. The molecule has 0 saturated carbocycles. The maximum atomic E-state index is 13.0. The third-order valence-electron chi connectivity index (χ3n) is 4.58. The Morgan fingerprint density at radius 3 is 2.86 bits per heavy atom. The minimum atomic E-state index is -0.293. The van der Waals surface area contributed by atoms with Crippen molar-refractivity contribution in [2.24, 2.45) is 4.99 Å². The van der Waals surface area contributed by atoms with Gasteiger partial charge in [-0.2, -0.15) is 0 Å². The van der Waals surface area contributed by atoms with E-state index in [2.05, 4.69) is 27.1 Å². The summed E-state index contributed by atoms with van der Waals surface area (Å²) in [6.07, 6.45) is 0.762. The van der Waals surface area contributed by atoms with Gasteiger partial charge in [0.2, 0.25) is 5.91 Å². The van der Waals surface area contributed by atoms with Crippen molar-refractivity contribution >= 4 is 23.2 Å². The van der Waals surface area contributed by atoms with E-state index in [1.807, 2.05) is 18.7 Å². The summed E-state index contributed by atoms with van der Waals surface area (Å²) >= 11 is 1.76. The molecule has 0 aliphatic carbocycles. The number of nitrogens with one attached hydrogen (secondary N) is 2. The van der Waals surface area contributed by atoms with Crippen LogP contribution in [0.5, 0.6) is 5.75 Å². The number of carbonyl (C=O) groups excluding carboxylic acids is 1. The number of benzene rings is 1. The van der Waals surface area contributed by atoms with Gasteiger partial charge in [-0.25, -0.2) is 9.38 Å². The zero-order chi connectivity index (χ0) is 20.6. The van der Waals surface area contributed by atoms with Gasteiger partial charge in [0.15, 0.2) is 5.96 Å². The molecule has 1 amide bonds. The van der Waals surface area contributed by atoms with Crippen LogP contribution in [0.15, 0.2) is 40.7 Å². The van der Waals surface area contributed by atoms with E-state index in [9.17, 15) is 9.18 Å². The molecule has 0 spiro atoms. The molecule has 29 heavy (non-hydrogen) atoms. The fourth-order valence-corrected chi connectivity index (χ4v) is 3.97. The number of guanidine groups is 1. The molecule has 1 aromatic carbocycles. The van der Waals surface area contributed by atoms with Crippen LogP contribution in [0, 0.1) is 5.82 Å². The summed E-state index contributed by atoms with van der Waals surface area (Å²) in [6, 6.07) is 8.03. The SMILES string of the molecule is CCNC(=NCC(=O)N1CCc2sccc2C1)NCC(C)Oc1ccc(F)cc1. The number of nitrogens with zero attached hydrogens (tertiary/aromatic N) is 2. The van der Waals surface area contributed by atoms with Gasteiger partial charge in [0.1, 0.15) is 24.2 Å². The molecule has 2 aromatic rings. The van der Waals surface area contributed by atoms with Gasteiger partial charge in [-0.1, -0.05) is 0 Å². The number of hydrogen-bond donors (Lipinski definition) is 2. The van der Waals surface area contributed by atoms with Crippen LogP contribution in [0.2, 0.25) is 0 Å². The summed E-state index contributed by atoms with van der Waals surface area (Å²) in [5, 5.41) is 8.42. The van der Waals surface area contributed by atoms with Crippen molar-refractivity contribution in [1.29, 1.82) is 0 Å². The molecule has 1 aromatic heterocycles. The highest BCUT2D eigenvalue weighted by molar-refractivity contribution is 7.10. The van der Waals surface area contributed by atoms with Crippen LogP contribution < -0.4 is 15.4 Å². The summed E-state index contributed by atoms with van der Waals surface area (Å²) in [5.74, 6) is 0.910. The molecule has 6 nitrogen and oxygen atoms in total. The van der Waals surface area contributed by atoms with Gasteiger partial charge in [0.25, 0.3) is 0 Å². The molecule has 1 atom stereocenters. The Morgan fingerprint density at radius 2 is 2.10 bits per heavy atom. The van der Waals surface area contributed by atoms with Crippen LogP contribution >= 0.6 is 11.3 Å². The second kappa shape index (κ2) is 10.2. The average molecular weight is 419 g/mol.